The van der Waals surface area contributed by atoms with E-state index < -0.39 is 0 Å². The van der Waals surface area contributed by atoms with Gasteiger partial charge in [-0.3, -0.25) is 4.79 Å². The number of rotatable bonds is 2. The molecule has 3 aromatic heterocycles. The molecule has 25 heavy (non-hydrogen) atoms. The lowest BCUT2D eigenvalue weighted by Gasteiger charge is -2.35. The van der Waals surface area contributed by atoms with Crippen LogP contribution in [0.1, 0.15) is 22.2 Å². The molecule has 4 rings (SSSR count). The number of amides is 1. The quantitative estimate of drug-likeness (QED) is 0.732. The second-order valence-electron chi connectivity index (χ2n) is 5.73. The number of hydrogen-bond acceptors (Lipinski definition) is 4. The number of aryl methyl sites for hydroxylation is 1. The van der Waals surface area contributed by atoms with Crippen molar-refractivity contribution in [3.05, 3.63) is 54.5 Å². The molecule has 134 valence electrons. The summed E-state index contributed by atoms with van der Waals surface area (Å²) in [5, 5.41) is 3.35. The molecule has 1 fully saturated rings. The van der Waals surface area contributed by atoms with Crippen molar-refractivity contribution < 1.29 is 4.79 Å². The lowest BCUT2D eigenvalue weighted by Crippen LogP contribution is -2.49. The molecule has 1 unspecified atom stereocenters. The number of pyridine rings is 1. The van der Waals surface area contributed by atoms with Gasteiger partial charge in [0, 0.05) is 57.7 Å². The Hall–Kier alpha value is -2.09. The number of halogens is 2. The fourth-order valence-electron chi connectivity index (χ4n) is 3.09. The van der Waals surface area contributed by atoms with E-state index >= 15 is 0 Å². The first-order valence-corrected chi connectivity index (χ1v) is 7.65. The minimum atomic E-state index is -0.0604. The summed E-state index contributed by atoms with van der Waals surface area (Å²) in [7, 11) is 1.96. The van der Waals surface area contributed by atoms with E-state index in [0.29, 0.717) is 18.7 Å². The Balaban J connectivity index is 0.00000113. The monoisotopic (exact) mass is 382 g/mol. The molecule has 4 heterocycles. The molecule has 1 aliphatic heterocycles. The van der Waals surface area contributed by atoms with Crippen LogP contribution in [-0.2, 0) is 7.05 Å². The molecular formula is C16H20Cl2N6O. The van der Waals surface area contributed by atoms with Crippen molar-refractivity contribution in [3.8, 4) is 0 Å². The summed E-state index contributed by atoms with van der Waals surface area (Å²) < 4.78 is 3.84. The molecule has 9 heteroatoms. The predicted octanol–water partition coefficient (Wildman–Crippen LogP) is 1.70. The molecule has 1 saturated heterocycles. The van der Waals surface area contributed by atoms with Crippen LogP contribution in [0.15, 0.2) is 43.1 Å². The van der Waals surface area contributed by atoms with Gasteiger partial charge in [0.15, 0.2) is 0 Å². The van der Waals surface area contributed by atoms with Crippen LogP contribution in [0.3, 0.4) is 0 Å². The van der Waals surface area contributed by atoms with Gasteiger partial charge >= 0.3 is 0 Å². The van der Waals surface area contributed by atoms with Gasteiger partial charge in [-0.2, -0.15) is 0 Å². The Labute approximate surface area is 157 Å². The van der Waals surface area contributed by atoms with Gasteiger partial charge in [-0.05, 0) is 12.1 Å². The molecule has 1 atom stereocenters. The molecule has 1 N–H and O–H groups in total. The Kier molecular flexibility index (Phi) is 6.05. The SMILES string of the molecule is Cl.Cl.Cn1ccnc1C1CNCCN1C(=O)c1ccc2nccn2c1. The molecule has 1 aliphatic rings. The van der Waals surface area contributed by atoms with E-state index in [1.807, 2.05) is 51.6 Å². The number of aromatic nitrogens is 4. The zero-order valence-electron chi connectivity index (χ0n) is 13.7. The van der Waals surface area contributed by atoms with Crippen LogP contribution < -0.4 is 5.32 Å². The molecule has 1 amide bonds. The topological polar surface area (TPSA) is 67.5 Å². The van der Waals surface area contributed by atoms with Crippen LogP contribution in [0.2, 0.25) is 0 Å². The average molecular weight is 383 g/mol. The van der Waals surface area contributed by atoms with Crippen LogP contribution >= 0.6 is 24.8 Å². The highest BCUT2D eigenvalue weighted by Gasteiger charge is 2.31. The van der Waals surface area contributed by atoms with Crippen LogP contribution in [0, 0.1) is 0 Å². The lowest BCUT2D eigenvalue weighted by atomic mass is 10.1. The van der Waals surface area contributed by atoms with Gasteiger partial charge < -0.3 is 19.2 Å². The maximum atomic E-state index is 13.0. The number of nitrogens with zero attached hydrogens (tertiary/aromatic N) is 5. The second-order valence-corrected chi connectivity index (χ2v) is 5.73. The summed E-state index contributed by atoms with van der Waals surface area (Å²) in [6.45, 7) is 2.17. The Bertz CT molecular complexity index is 861. The van der Waals surface area contributed by atoms with Gasteiger partial charge in [0.1, 0.15) is 17.5 Å². The fourth-order valence-corrected chi connectivity index (χ4v) is 3.09. The summed E-state index contributed by atoms with van der Waals surface area (Å²) in [5.41, 5.74) is 1.50. The number of carbonyl (C=O) groups is 1. The molecule has 0 aromatic carbocycles. The van der Waals surface area contributed by atoms with E-state index in [2.05, 4.69) is 15.3 Å². The summed E-state index contributed by atoms with van der Waals surface area (Å²) in [5.74, 6) is 0.921. The first-order valence-electron chi connectivity index (χ1n) is 7.65. The third-order valence-electron chi connectivity index (χ3n) is 4.30. The maximum Gasteiger partial charge on any atom is 0.256 e. The van der Waals surface area contributed by atoms with Crippen molar-refractivity contribution in [1.82, 2.24) is 29.2 Å². The van der Waals surface area contributed by atoms with Crippen molar-refractivity contribution in [2.45, 2.75) is 6.04 Å². The second kappa shape index (κ2) is 7.86. The molecule has 0 aliphatic carbocycles. The van der Waals surface area contributed by atoms with Crippen molar-refractivity contribution in [2.75, 3.05) is 19.6 Å². The van der Waals surface area contributed by atoms with Crippen LogP contribution in [0.4, 0.5) is 0 Å². The molecule has 7 nitrogen and oxygen atoms in total. The number of nitrogens with one attached hydrogen (secondary N) is 1. The van der Waals surface area contributed by atoms with Crippen molar-refractivity contribution in [2.24, 2.45) is 7.05 Å². The highest BCUT2D eigenvalue weighted by atomic mass is 35.5. The van der Waals surface area contributed by atoms with Crippen LogP contribution in [0.25, 0.3) is 5.65 Å². The third-order valence-corrected chi connectivity index (χ3v) is 4.30. The summed E-state index contributed by atoms with van der Waals surface area (Å²) in [4.78, 5) is 23.5. The van der Waals surface area contributed by atoms with Gasteiger partial charge in [-0.1, -0.05) is 0 Å². The largest absolute Gasteiger partial charge is 0.336 e. The summed E-state index contributed by atoms with van der Waals surface area (Å²) >= 11 is 0. The minimum Gasteiger partial charge on any atom is -0.336 e. The highest BCUT2D eigenvalue weighted by Crippen LogP contribution is 2.22. The third kappa shape index (κ3) is 3.49. The number of carbonyl (C=O) groups excluding carboxylic acids is 1. The number of imidazole rings is 2. The first kappa shape index (κ1) is 19.2. The van der Waals surface area contributed by atoms with Gasteiger partial charge in [-0.25, -0.2) is 9.97 Å². The summed E-state index contributed by atoms with van der Waals surface area (Å²) in [6, 6.07) is 3.64. The molecule has 0 saturated carbocycles. The van der Waals surface area contributed by atoms with Gasteiger partial charge in [0.25, 0.3) is 5.91 Å². The molecule has 0 bridgehead atoms. The molecular weight excluding hydrogens is 363 g/mol. The normalized spacial score (nSPS) is 17.0. The highest BCUT2D eigenvalue weighted by molar-refractivity contribution is 5.94. The Morgan fingerprint density at radius 3 is 2.76 bits per heavy atom. The van der Waals surface area contributed by atoms with Gasteiger partial charge in [-0.15, -0.1) is 24.8 Å². The van der Waals surface area contributed by atoms with E-state index in [9.17, 15) is 4.79 Å². The van der Waals surface area contributed by atoms with Gasteiger partial charge in [0.2, 0.25) is 0 Å². The zero-order chi connectivity index (χ0) is 15.8. The minimum absolute atomic E-state index is 0. The average Bonchev–Trinajstić information content (AvgIpc) is 3.22. The Morgan fingerprint density at radius 2 is 2.00 bits per heavy atom. The molecule has 0 radical (unpaired) electrons. The van der Waals surface area contributed by atoms with E-state index in [-0.39, 0.29) is 36.8 Å². The van der Waals surface area contributed by atoms with Crippen molar-refractivity contribution >= 4 is 36.4 Å². The number of hydrogen-bond donors (Lipinski definition) is 1. The van der Waals surface area contributed by atoms with Crippen LogP contribution in [0.5, 0.6) is 0 Å². The van der Waals surface area contributed by atoms with Crippen molar-refractivity contribution in [1.29, 1.82) is 0 Å². The predicted molar refractivity (Wildman–Crippen MR) is 99.5 cm³/mol. The molecule has 0 spiro atoms. The van der Waals surface area contributed by atoms with E-state index in [1.165, 1.54) is 0 Å². The summed E-state index contributed by atoms with van der Waals surface area (Å²) in [6.07, 6.45) is 9.08. The van der Waals surface area contributed by atoms with E-state index in [0.717, 1.165) is 18.0 Å². The Morgan fingerprint density at radius 1 is 1.20 bits per heavy atom. The first-order chi connectivity index (χ1) is 11.2. The standard InChI is InChI=1S/C16H18N6O.2ClH/c1-20-7-5-19-15(20)13-10-17-4-9-22(13)16(23)12-2-3-14-18-6-8-21(14)11-12;;/h2-3,5-8,11,13,17H,4,9-10H2,1H3;2*1H. The molecule has 3 aromatic rings. The smallest absolute Gasteiger partial charge is 0.256 e. The van der Waals surface area contributed by atoms with Crippen LogP contribution in [-0.4, -0.2) is 49.4 Å². The lowest BCUT2D eigenvalue weighted by molar-refractivity contribution is 0.0620. The van der Waals surface area contributed by atoms with E-state index in [4.69, 9.17) is 0 Å². The maximum absolute atomic E-state index is 13.0. The number of piperazine rings is 1. The number of fused-ring (bicyclic) bond motifs is 1. The van der Waals surface area contributed by atoms with Crippen molar-refractivity contribution in [3.63, 3.8) is 0 Å². The van der Waals surface area contributed by atoms with E-state index in [1.54, 1.807) is 12.4 Å². The fraction of sp³-hybridized carbons (Fsp3) is 0.312. The van der Waals surface area contributed by atoms with Gasteiger partial charge in [0.05, 0.1) is 5.56 Å². The zero-order valence-corrected chi connectivity index (χ0v) is 15.3.